The smallest absolute Gasteiger partial charge is 0.251 e. The molecule has 112 valence electrons. The number of carbonyl (C=O) groups is 1. The van der Waals surface area contributed by atoms with Crippen LogP contribution in [0.3, 0.4) is 0 Å². The van der Waals surface area contributed by atoms with Crippen LogP contribution in [0.25, 0.3) is 0 Å². The zero-order valence-corrected chi connectivity index (χ0v) is 12.6. The highest BCUT2D eigenvalue weighted by molar-refractivity contribution is 7.07. The largest absolute Gasteiger partial charge is 0.470 e. The average molecular weight is 314 g/mol. The highest BCUT2D eigenvalue weighted by atomic mass is 32.1. The maximum absolute atomic E-state index is 12.2. The van der Waals surface area contributed by atoms with Gasteiger partial charge in [0.15, 0.2) is 0 Å². The molecule has 0 radical (unpaired) electrons. The number of carbonyl (C=O) groups excluding carboxylic acids is 1. The summed E-state index contributed by atoms with van der Waals surface area (Å²) in [6.45, 7) is 1.18. The molecule has 3 rings (SSSR count). The van der Waals surface area contributed by atoms with Crippen molar-refractivity contribution in [3.05, 3.63) is 40.5 Å². The fourth-order valence-corrected chi connectivity index (χ4v) is 3.05. The number of hydrogen-bond acceptors (Lipinski definition) is 6. The zero-order valence-electron chi connectivity index (χ0n) is 11.8. The summed E-state index contributed by atoms with van der Waals surface area (Å²) in [5.74, 6) is 0.339. The number of aromatic nitrogens is 2. The maximum Gasteiger partial charge on any atom is 0.251 e. The monoisotopic (exact) mass is 314 g/mol. The summed E-state index contributed by atoms with van der Waals surface area (Å²) >= 11 is 1.59. The Kier molecular flexibility index (Phi) is 4.30. The molecule has 0 aliphatic carbocycles. The molecule has 2 aromatic rings. The molecule has 0 N–H and O–H groups in total. The van der Waals surface area contributed by atoms with E-state index in [2.05, 4.69) is 9.97 Å². The van der Waals surface area contributed by atoms with E-state index in [1.165, 1.54) is 12.4 Å². The van der Waals surface area contributed by atoms with Crippen molar-refractivity contribution in [3.63, 3.8) is 0 Å². The second-order valence-electron chi connectivity index (χ2n) is 5.00. The van der Waals surface area contributed by atoms with Crippen molar-refractivity contribution in [1.82, 2.24) is 14.9 Å². The lowest BCUT2D eigenvalue weighted by molar-refractivity contribution is -0.129. The lowest BCUT2D eigenvalue weighted by Crippen LogP contribution is -2.32. The highest BCUT2D eigenvalue weighted by Crippen LogP contribution is 2.19. The first kappa shape index (κ1) is 14.5. The second kappa shape index (κ2) is 6.54. The Balaban J connectivity index is 1.58. The van der Waals surface area contributed by atoms with Crippen molar-refractivity contribution in [3.8, 4) is 11.9 Å². The topological polar surface area (TPSA) is 79.1 Å². The molecule has 6 nitrogen and oxygen atoms in total. The molecule has 0 unspecified atom stereocenters. The number of amides is 1. The van der Waals surface area contributed by atoms with Crippen LogP contribution in [0.5, 0.6) is 5.88 Å². The van der Waals surface area contributed by atoms with Gasteiger partial charge in [-0.15, -0.1) is 0 Å². The van der Waals surface area contributed by atoms with E-state index >= 15 is 0 Å². The Morgan fingerprint density at radius 2 is 2.36 bits per heavy atom. The number of ether oxygens (including phenoxy) is 1. The van der Waals surface area contributed by atoms with Crippen LogP contribution < -0.4 is 4.74 Å². The maximum atomic E-state index is 12.2. The molecule has 1 amide bonds. The van der Waals surface area contributed by atoms with Crippen LogP contribution in [0.1, 0.15) is 17.7 Å². The third-order valence-corrected chi connectivity index (χ3v) is 4.21. The van der Waals surface area contributed by atoms with Gasteiger partial charge in [-0.2, -0.15) is 16.6 Å². The van der Waals surface area contributed by atoms with Gasteiger partial charge in [0.25, 0.3) is 5.88 Å². The van der Waals surface area contributed by atoms with Crippen LogP contribution in [0, 0.1) is 11.3 Å². The van der Waals surface area contributed by atoms with Gasteiger partial charge in [0.1, 0.15) is 12.2 Å². The first-order valence-electron chi connectivity index (χ1n) is 6.93. The molecule has 0 bridgehead atoms. The van der Waals surface area contributed by atoms with Crippen LogP contribution in [-0.4, -0.2) is 40.0 Å². The molecule has 0 saturated carbocycles. The molecule has 1 saturated heterocycles. The molecular formula is C15H14N4O2S. The van der Waals surface area contributed by atoms with Gasteiger partial charge in [-0.25, -0.2) is 9.97 Å². The molecule has 1 aliphatic heterocycles. The van der Waals surface area contributed by atoms with Crippen molar-refractivity contribution in [2.45, 2.75) is 18.9 Å². The first-order chi connectivity index (χ1) is 10.8. The van der Waals surface area contributed by atoms with Gasteiger partial charge in [-0.1, -0.05) is 0 Å². The summed E-state index contributed by atoms with van der Waals surface area (Å²) in [5.41, 5.74) is 1.21. The minimum Gasteiger partial charge on any atom is -0.470 e. The van der Waals surface area contributed by atoms with E-state index in [0.29, 0.717) is 19.5 Å². The Morgan fingerprint density at radius 3 is 3.14 bits per heavy atom. The number of likely N-dealkylation sites (tertiary alicyclic amines) is 1. The van der Waals surface area contributed by atoms with Gasteiger partial charge in [0.05, 0.1) is 13.0 Å². The summed E-state index contributed by atoms with van der Waals surface area (Å²) in [4.78, 5) is 22.0. The van der Waals surface area contributed by atoms with Crippen molar-refractivity contribution >= 4 is 17.2 Å². The molecule has 1 atom stereocenters. The molecular weight excluding hydrogens is 300 g/mol. The average Bonchev–Trinajstić information content (AvgIpc) is 3.19. The summed E-state index contributed by atoms with van der Waals surface area (Å²) in [6.07, 6.45) is 3.96. The number of rotatable bonds is 4. The predicted molar refractivity (Wildman–Crippen MR) is 80.4 cm³/mol. The molecule has 0 aromatic carbocycles. The van der Waals surface area contributed by atoms with Crippen molar-refractivity contribution in [1.29, 1.82) is 5.26 Å². The fraction of sp³-hybridized carbons (Fsp3) is 0.333. The van der Waals surface area contributed by atoms with Gasteiger partial charge in [0, 0.05) is 25.4 Å². The van der Waals surface area contributed by atoms with E-state index in [1.54, 1.807) is 16.2 Å². The third kappa shape index (κ3) is 3.23. The normalized spacial score (nSPS) is 17.2. The van der Waals surface area contributed by atoms with E-state index in [9.17, 15) is 4.79 Å². The summed E-state index contributed by atoms with van der Waals surface area (Å²) in [5, 5.41) is 12.9. The first-order valence-corrected chi connectivity index (χ1v) is 7.87. The molecule has 1 aliphatic rings. The molecule has 22 heavy (non-hydrogen) atoms. The number of nitriles is 1. The van der Waals surface area contributed by atoms with E-state index in [-0.39, 0.29) is 23.6 Å². The Morgan fingerprint density at radius 1 is 1.50 bits per heavy atom. The zero-order chi connectivity index (χ0) is 15.4. The number of thiophene rings is 1. The quantitative estimate of drug-likeness (QED) is 0.857. The summed E-state index contributed by atoms with van der Waals surface area (Å²) in [6, 6.07) is 3.92. The van der Waals surface area contributed by atoms with Gasteiger partial charge >= 0.3 is 0 Å². The lowest BCUT2D eigenvalue weighted by atomic mass is 10.2. The summed E-state index contributed by atoms with van der Waals surface area (Å²) in [7, 11) is 0. The fourth-order valence-electron chi connectivity index (χ4n) is 2.38. The van der Waals surface area contributed by atoms with Crippen LogP contribution in [-0.2, 0) is 11.2 Å². The Labute approximate surface area is 132 Å². The Hall–Kier alpha value is -2.46. The van der Waals surface area contributed by atoms with Crippen molar-refractivity contribution < 1.29 is 9.53 Å². The molecule has 1 fully saturated rings. The minimum absolute atomic E-state index is 0.101. The molecule has 2 aromatic heterocycles. The standard InChI is InChI=1S/C15H14N4O2S/c16-8-13-15(18-4-3-17-13)21-12-1-5-19(9-12)14(20)7-11-2-6-22-10-11/h2-4,6,10,12H,1,5,7,9H2/t12-/m0/s1. The van der Waals surface area contributed by atoms with Crippen LogP contribution in [0.2, 0.25) is 0 Å². The SMILES string of the molecule is N#Cc1nccnc1O[C@H]1CCN(C(=O)Cc2ccsc2)C1. The van der Waals surface area contributed by atoms with E-state index in [0.717, 1.165) is 12.0 Å². The summed E-state index contributed by atoms with van der Waals surface area (Å²) < 4.78 is 5.73. The molecule has 3 heterocycles. The van der Waals surface area contributed by atoms with E-state index in [1.807, 2.05) is 22.9 Å². The van der Waals surface area contributed by atoms with Crippen LogP contribution in [0.15, 0.2) is 29.2 Å². The highest BCUT2D eigenvalue weighted by Gasteiger charge is 2.28. The Bertz CT molecular complexity index is 696. The van der Waals surface area contributed by atoms with Crippen molar-refractivity contribution in [2.75, 3.05) is 13.1 Å². The van der Waals surface area contributed by atoms with Gasteiger partial charge in [-0.3, -0.25) is 4.79 Å². The second-order valence-corrected chi connectivity index (χ2v) is 5.78. The minimum atomic E-state index is -0.143. The predicted octanol–water partition coefficient (Wildman–Crippen LogP) is 1.63. The third-order valence-electron chi connectivity index (χ3n) is 3.48. The van der Waals surface area contributed by atoms with Gasteiger partial charge < -0.3 is 9.64 Å². The van der Waals surface area contributed by atoms with Gasteiger partial charge in [0.2, 0.25) is 11.6 Å². The number of hydrogen-bond donors (Lipinski definition) is 0. The van der Waals surface area contributed by atoms with Crippen LogP contribution in [0.4, 0.5) is 0 Å². The van der Waals surface area contributed by atoms with E-state index < -0.39 is 0 Å². The molecule has 7 heteroatoms. The van der Waals surface area contributed by atoms with Crippen molar-refractivity contribution in [2.24, 2.45) is 0 Å². The molecule has 0 spiro atoms. The van der Waals surface area contributed by atoms with Gasteiger partial charge in [-0.05, 0) is 22.4 Å². The number of nitrogens with zero attached hydrogens (tertiary/aromatic N) is 4. The van der Waals surface area contributed by atoms with Crippen LogP contribution >= 0.6 is 11.3 Å². The lowest BCUT2D eigenvalue weighted by Gasteiger charge is -2.16. The van der Waals surface area contributed by atoms with E-state index in [4.69, 9.17) is 10.00 Å².